The lowest BCUT2D eigenvalue weighted by Crippen LogP contribution is -2.06. The molecule has 1 aromatic rings. The van der Waals surface area contributed by atoms with Crippen molar-refractivity contribution in [3.05, 3.63) is 33.9 Å². The largest absolute Gasteiger partial charge is 0.388 e. The number of benzene rings is 1. The van der Waals surface area contributed by atoms with Crippen LogP contribution in [0.15, 0.2) is 6.07 Å². The van der Waals surface area contributed by atoms with Gasteiger partial charge >= 0.3 is 0 Å². The number of aryl methyl sites for hydroxylation is 2. The third-order valence-electron chi connectivity index (χ3n) is 3.37. The van der Waals surface area contributed by atoms with Gasteiger partial charge in [0.1, 0.15) is 0 Å². The fourth-order valence-electron chi connectivity index (χ4n) is 2.16. The molecule has 90 valence electrons. The van der Waals surface area contributed by atoms with Gasteiger partial charge in [-0.2, -0.15) is 0 Å². The van der Waals surface area contributed by atoms with Crippen molar-refractivity contribution in [1.29, 1.82) is 0 Å². The molecule has 1 aromatic carbocycles. The molecule has 0 fully saturated rings. The molecule has 1 nitrogen and oxygen atoms in total. The van der Waals surface area contributed by atoms with E-state index in [0.717, 1.165) is 18.4 Å². The van der Waals surface area contributed by atoms with Crippen LogP contribution in [-0.4, -0.2) is 11.0 Å². The average molecular weight is 241 g/mol. The van der Waals surface area contributed by atoms with Crippen LogP contribution in [0.4, 0.5) is 0 Å². The van der Waals surface area contributed by atoms with Crippen molar-refractivity contribution in [2.24, 2.45) is 0 Å². The van der Waals surface area contributed by atoms with Crippen molar-refractivity contribution in [3.63, 3.8) is 0 Å². The molecule has 0 aliphatic carbocycles. The van der Waals surface area contributed by atoms with E-state index in [0.29, 0.717) is 5.88 Å². The molecule has 1 atom stereocenters. The van der Waals surface area contributed by atoms with E-state index in [2.05, 4.69) is 33.8 Å². The molecule has 0 aliphatic rings. The lowest BCUT2D eigenvalue weighted by molar-refractivity contribution is 0.165. The molecule has 0 aromatic heterocycles. The standard InChI is InChI=1S/C14H21ClO/c1-9-8-10(2)12(4)14(11(9)3)13(16)6-5-7-15/h8,13,16H,5-7H2,1-4H3. The second kappa shape index (κ2) is 5.70. The number of aliphatic hydroxyl groups is 1. The zero-order valence-electron chi connectivity index (χ0n) is 10.6. The van der Waals surface area contributed by atoms with E-state index in [1.54, 1.807) is 0 Å². The van der Waals surface area contributed by atoms with Crippen molar-refractivity contribution >= 4 is 11.6 Å². The van der Waals surface area contributed by atoms with Gasteiger partial charge in [-0.05, 0) is 68.4 Å². The van der Waals surface area contributed by atoms with Crippen molar-refractivity contribution in [2.45, 2.75) is 46.6 Å². The Morgan fingerprint density at radius 3 is 2.06 bits per heavy atom. The normalized spacial score (nSPS) is 12.9. The Kier molecular flexibility index (Phi) is 4.82. The maximum absolute atomic E-state index is 10.2. The van der Waals surface area contributed by atoms with Gasteiger partial charge in [-0.3, -0.25) is 0 Å². The molecular formula is C14H21ClO. The summed E-state index contributed by atoms with van der Waals surface area (Å²) in [7, 11) is 0. The number of aliphatic hydroxyl groups excluding tert-OH is 1. The average Bonchev–Trinajstić information content (AvgIpc) is 2.24. The number of hydrogen-bond acceptors (Lipinski definition) is 1. The predicted molar refractivity (Wildman–Crippen MR) is 70.3 cm³/mol. The zero-order chi connectivity index (χ0) is 12.3. The second-order valence-electron chi connectivity index (χ2n) is 4.52. The third kappa shape index (κ3) is 2.78. The Morgan fingerprint density at radius 1 is 1.12 bits per heavy atom. The molecule has 0 amide bonds. The molecule has 0 saturated heterocycles. The lowest BCUT2D eigenvalue weighted by Gasteiger charge is -2.20. The number of halogens is 1. The minimum Gasteiger partial charge on any atom is -0.388 e. The molecule has 1 unspecified atom stereocenters. The van der Waals surface area contributed by atoms with Gasteiger partial charge < -0.3 is 5.11 Å². The van der Waals surface area contributed by atoms with E-state index in [1.165, 1.54) is 22.3 Å². The summed E-state index contributed by atoms with van der Waals surface area (Å²) in [6.07, 6.45) is 1.22. The smallest absolute Gasteiger partial charge is 0.0795 e. The molecule has 2 heteroatoms. The van der Waals surface area contributed by atoms with Gasteiger partial charge in [0.15, 0.2) is 0 Å². The molecule has 0 radical (unpaired) electrons. The van der Waals surface area contributed by atoms with Crippen molar-refractivity contribution < 1.29 is 5.11 Å². The number of alkyl halides is 1. The highest BCUT2D eigenvalue weighted by molar-refractivity contribution is 6.17. The van der Waals surface area contributed by atoms with Gasteiger partial charge in [0, 0.05) is 5.88 Å². The first-order valence-electron chi connectivity index (χ1n) is 5.80. The van der Waals surface area contributed by atoms with Crippen LogP contribution in [0.3, 0.4) is 0 Å². The van der Waals surface area contributed by atoms with E-state index in [9.17, 15) is 5.11 Å². The minimum atomic E-state index is -0.377. The van der Waals surface area contributed by atoms with Crippen LogP contribution in [-0.2, 0) is 0 Å². The molecule has 0 bridgehead atoms. The highest BCUT2D eigenvalue weighted by Gasteiger charge is 2.15. The third-order valence-corrected chi connectivity index (χ3v) is 3.64. The molecule has 1 rings (SSSR count). The Morgan fingerprint density at radius 2 is 1.62 bits per heavy atom. The van der Waals surface area contributed by atoms with E-state index < -0.39 is 0 Å². The van der Waals surface area contributed by atoms with Crippen molar-refractivity contribution in [2.75, 3.05) is 5.88 Å². The fraction of sp³-hybridized carbons (Fsp3) is 0.571. The monoisotopic (exact) mass is 240 g/mol. The van der Waals surface area contributed by atoms with Crippen LogP contribution in [0, 0.1) is 27.7 Å². The summed E-state index contributed by atoms with van der Waals surface area (Å²) in [6, 6.07) is 2.18. The molecule has 16 heavy (non-hydrogen) atoms. The lowest BCUT2D eigenvalue weighted by atomic mass is 9.89. The van der Waals surface area contributed by atoms with E-state index in [1.807, 2.05) is 0 Å². The molecule has 0 aliphatic heterocycles. The Hall–Kier alpha value is -0.530. The van der Waals surface area contributed by atoms with E-state index >= 15 is 0 Å². The van der Waals surface area contributed by atoms with Crippen molar-refractivity contribution in [1.82, 2.24) is 0 Å². The highest BCUT2D eigenvalue weighted by Crippen LogP contribution is 2.29. The summed E-state index contributed by atoms with van der Waals surface area (Å²) in [6.45, 7) is 8.36. The highest BCUT2D eigenvalue weighted by atomic mass is 35.5. The molecule has 0 spiro atoms. The topological polar surface area (TPSA) is 20.2 Å². The number of hydrogen-bond donors (Lipinski definition) is 1. The maximum atomic E-state index is 10.2. The summed E-state index contributed by atoms with van der Waals surface area (Å²) in [5.41, 5.74) is 6.03. The summed E-state index contributed by atoms with van der Waals surface area (Å²) in [5.74, 6) is 0.611. The quantitative estimate of drug-likeness (QED) is 0.790. The molecule has 1 N–H and O–H groups in total. The van der Waals surface area contributed by atoms with Crippen molar-refractivity contribution in [3.8, 4) is 0 Å². The first kappa shape index (κ1) is 13.5. The summed E-state index contributed by atoms with van der Waals surface area (Å²) >= 11 is 5.66. The second-order valence-corrected chi connectivity index (χ2v) is 4.90. The van der Waals surface area contributed by atoms with Gasteiger partial charge in [0.05, 0.1) is 6.10 Å². The first-order valence-corrected chi connectivity index (χ1v) is 6.33. The molecule has 0 saturated carbocycles. The SMILES string of the molecule is Cc1cc(C)c(C)c(C(O)CCCCl)c1C. The van der Waals surface area contributed by atoms with Gasteiger partial charge in [0.25, 0.3) is 0 Å². The number of rotatable bonds is 4. The molecule has 0 heterocycles. The first-order chi connectivity index (χ1) is 7.49. The van der Waals surface area contributed by atoms with Crippen LogP contribution in [0.25, 0.3) is 0 Å². The van der Waals surface area contributed by atoms with E-state index in [-0.39, 0.29) is 6.10 Å². The van der Waals surface area contributed by atoms with Crippen LogP contribution in [0.5, 0.6) is 0 Å². The van der Waals surface area contributed by atoms with Gasteiger partial charge in [-0.1, -0.05) is 6.07 Å². The maximum Gasteiger partial charge on any atom is 0.0795 e. The Labute approximate surface area is 103 Å². The van der Waals surface area contributed by atoms with Crippen LogP contribution in [0.1, 0.15) is 46.8 Å². The zero-order valence-corrected chi connectivity index (χ0v) is 11.4. The van der Waals surface area contributed by atoms with Gasteiger partial charge in [-0.25, -0.2) is 0 Å². The van der Waals surface area contributed by atoms with Crippen LogP contribution in [0.2, 0.25) is 0 Å². The Balaban J connectivity index is 3.11. The van der Waals surface area contributed by atoms with E-state index in [4.69, 9.17) is 11.6 Å². The predicted octanol–water partition coefficient (Wildman–Crippen LogP) is 3.97. The van der Waals surface area contributed by atoms with Crippen LogP contribution >= 0.6 is 11.6 Å². The summed E-state index contributed by atoms with van der Waals surface area (Å²) in [4.78, 5) is 0. The van der Waals surface area contributed by atoms with Crippen LogP contribution < -0.4 is 0 Å². The van der Waals surface area contributed by atoms with Gasteiger partial charge in [-0.15, -0.1) is 11.6 Å². The fourth-order valence-corrected chi connectivity index (χ4v) is 2.32. The minimum absolute atomic E-state index is 0.377. The Bertz CT molecular complexity index is 345. The van der Waals surface area contributed by atoms with Gasteiger partial charge in [0.2, 0.25) is 0 Å². The summed E-state index contributed by atoms with van der Waals surface area (Å²) < 4.78 is 0. The molecular weight excluding hydrogens is 220 g/mol. The summed E-state index contributed by atoms with van der Waals surface area (Å²) in [5, 5.41) is 10.2.